The Morgan fingerprint density at radius 2 is 1.42 bits per heavy atom. The highest BCUT2D eigenvalue weighted by Crippen LogP contribution is 2.22. The van der Waals surface area contributed by atoms with Crippen LogP contribution in [0.1, 0.15) is 13.3 Å². The van der Waals surface area contributed by atoms with Gasteiger partial charge in [0.25, 0.3) is 5.69 Å². The fourth-order valence-electron chi connectivity index (χ4n) is 1.71. The van der Waals surface area contributed by atoms with Crippen LogP contribution in [0.3, 0.4) is 0 Å². The average molecular weight is 393 g/mol. The first-order valence-electron chi connectivity index (χ1n) is 6.54. The zero-order valence-corrected chi connectivity index (χ0v) is 13.8. The Morgan fingerprint density at radius 3 is 1.77 bits per heavy atom. The SMILES string of the molecule is CC(CCN([N+](=O)[O-])S(=O)(=O)c1ccc([N+](=O)[O-])cc1)([N+](=O)[O-])[N+](=O)[O-]. The Bertz CT molecular complexity index is 837. The molecule has 0 saturated carbocycles. The minimum absolute atomic E-state index is 0.389. The van der Waals surface area contributed by atoms with Crippen LogP contribution in [-0.2, 0) is 10.0 Å². The number of hydrogen-bond donors (Lipinski definition) is 0. The van der Waals surface area contributed by atoms with Crippen LogP contribution in [0.2, 0.25) is 0 Å². The van der Waals surface area contributed by atoms with Gasteiger partial charge in [-0.2, -0.15) is 8.42 Å². The molecular formula is C10H11N5O10S. The van der Waals surface area contributed by atoms with Gasteiger partial charge in [-0.05, 0) is 16.5 Å². The number of nitrogens with zero attached hydrogens (tertiary/aromatic N) is 5. The van der Waals surface area contributed by atoms with Gasteiger partial charge >= 0.3 is 15.7 Å². The van der Waals surface area contributed by atoms with Crippen LogP contribution in [0.4, 0.5) is 5.69 Å². The summed E-state index contributed by atoms with van der Waals surface area (Å²) < 4.78 is 24.2. The quantitative estimate of drug-likeness (QED) is 0.320. The number of non-ortho nitro benzene ring substituents is 1. The van der Waals surface area contributed by atoms with Gasteiger partial charge in [-0.15, -0.1) is 0 Å². The van der Waals surface area contributed by atoms with Gasteiger partial charge in [0.1, 0.15) is 13.0 Å². The maximum Gasteiger partial charge on any atom is 0.457 e. The Balaban J connectivity index is 3.19. The van der Waals surface area contributed by atoms with Gasteiger partial charge in [0.15, 0.2) is 5.03 Å². The highest BCUT2D eigenvalue weighted by Gasteiger charge is 2.52. The molecule has 0 N–H and O–H groups in total. The molecule has 0 bridgehead atoms. The number of hydrogen-bond acceptors (Lipinski definition) is 10. The normalized spacial score (nSPS) is 11.6. The molecule has 16 heteroatoms. The Hall–Kier alpha value is -3.43. The van der Waals surface area contributed by atoms with E-state index >= 15 is 0 Å². The molecular weight excluding hydrogens is 382 g/mol. The molecule has 0 fully saturated rings. The Labute approximate surface area is 144 Å². The monoisotopic (exact) mass is 393 g/mol. The largest absolute Gasteiger partial charge is 0.457 e. The Kier molecular flexibility index (Phi) is 5.72. The van der Waals surface area contributed by atoms with Gasteiger partial charge < -0.3 is 0 Å². The molecule has 0 aromatic heterocycles. The summed E-state index contributed by atoms with van der Waals surface area (Å²) in [6.07, 6.45) is -1.08. The molecule has 0 radical (unpaired) electrons. The second-order valence-corrected chi connectivity index (χ2v) is 6.86. The van der Waals surface area contributed by atoms with E-state index in [0.717, 1.165) is 24.3 Å². The average Bonchev–Trinajstić information content (AvgIpc) is 2.53. The summed E-state index contributed by atoms with van der Waals surface area (Å²) in [7, 11) is -4.85. The van der Waals surface area contributed by atoms with Crippen LogP contribution in [0.15, 0.2) is 29.2 Å². The summed E-state index contributed by atoms with van der Waals surface area (Å²) >= 11 is 0. The zero-order valence-electron chi connectivity index (χ0n) is 13.0. The van der Waals surface area contributed by atoms with Crippen molar-refractivity contribution >= 4 is 15.7 Å². The number of nitro groups is 4. The van der Waals surface area contributed by atoms with Gasteiger partial charge in [0.05, 0.1) is 26.6 Å². The summed E-state index contributed by atoms with van der Waals surface area (Å²) in [4.78, 5) is 39.2. The molecule has 0 amide bonds. The van der Waals surface area contributed by atoms with Crippen molar-refractivity contribution < 1.29 is 28.2 Å². The van der Waals surface area contributed by atoms with Gasteiger partial charge in [-0.25, -0.2) is 10.1 Å². The van der Waals surface area contributed by atoms with Gasteiger partial charge in [-0.3, -0.25) is 30.3 Å². The van der Waals surface area contributed by atoms with Crippen molar-refractivity contribution in [2.24, 2.45) is 0 Å². The molecule has 15 nitrogen and oxygen atoms in total. The van der Waals surface area contributed by atoms with Crippen LogP contribution in [-0.4, -0.2) is 44.8 Å². The van der Waals surface area contributed by atoms with E-state index in [2.05, 4.69) is 0 Å². The minimum Gasteiger partial charge on any atom is -0.258 e. The summed E-state index contributed by atoms with van der Waals surface area (Å²) in [5.74, 6) is 0. The second kappa shape index (κ2) is 7.21. The summed E-state index contributed by atoms with van der Waals surface area (Å²) in [5, 5.41) is 41.9. The van der Waals surface area contributed by atoms with E-state index in [-0.39, 0.29) is 4.41 Å². The van der Waals surface area contributed by atoms with Gasteiger partial charge in [0, 0.05) is 12.1 Å². The molecule has 1 aromatic rings. The van der Waals surface area contributed by atoms with Crippen molar-refractivity contribution in [2.75, 3.05) is 6.54 Å². The zero-order chi connectivity index (χ0) is 20.3. The van der Waals surface area contributed by atoms with Crippen LogP contribution in [0.25, 0.3) is 0 Å². The van der Waals surface area contributed by atoms with Crippen molar-refractivity contribution in [1.82, 2.24) is 4.41 Å². The number of benzene rings is 1. The fourth-order valence-corrected chi connectivity index (χ4v) is 2.94. The predicted octanol–water partition coefficient (Wildman–Crippen LogP) is 0.437. The summed E-state index contributed by atoms with van der Waals surface area (Å²) in [6, 6.07) is 3.07. The third-order valence-electron chi connectivity index (χ3n) is 3.37. The van der Waals surface area contributed by atoms with Crippen molar-refractivity contribution in [3.63, 3.8) is 0 Å². The van der Waals surface area contributed by atoms with Crippen LogP contribution < -0.4 is 0 Å². The number of rotatable bonds is 9. The molecule has 0 heterocycles. The molecule has 26 heavy (non-hydrogen) atoms. The predicted molar refractivity (Wildman–Crippen MR) is 81.0 cm³/mol. The molecule has 0 aliphatic carbocycles. The highest BCUT2D eigenvalue weighted by atomic mass is 32.2. The van der Waals surface area contributed by atoms with Crippen molar-refractivity contribution in [3.8, 4) is 0 Å². The molecule has 0 unspecified atom stereocenters. The molecule has 0 saturated heterocycles. The smallest absolute Gasteiger partial charge is 0.258 e. The summed E-state index contributed by atoms with van der Waals surface area (Å²) in [6.45, 7) is -0.575. The lowest BCUT2D eigenvalue weighted by Crippen LogP contribution is -2.47. The third kappa shape index (κ3) is 3.97. The number of sulfonamides is 1. The van der Waals surface area contributed by atoms with Crippen molar-refractivity contribution in [3.05, 3.63) is 64.7 Å². The highest BCUT2D eigenvalue weighted by molar-refractivity contribution is 7.89. The van der Waals surface area contributed by atoms with E-state index in [1.165, 1.54) is 0 Å². The van der Waals surface area contributed by atoms with E-state index in [9.17, 15) is 48.9 Å². The van der Waals surface area contributed by atoms with Gasteiger partial charge in [-0.1, -0.05) is 0 Å². The van der Waals surface area contributed by atoms with Gasteiger partial charge in [0.2, 0.25) is 0 Å². The molecule has 0 aliphatic rings. The van der Waals surface area contributed by atoms with Crippen LogP contribution >= 0.6 is 0 Å². The lowest BCUT2D eigenvalue weighted by molar-refractivity contribution is -0.794. The van der Waals surface area contributed by atoms with Crippen LogP contribution in [0, 0.1) is 40.5 Å². The maximum absolute atomic E-state index is 12.3. The maximum atomic E-state index is 12.3. The van der Waals surface area contributed by atoms with Crippen molar-refractivity contribution in [1.29, 1.82) is 0 Å². The van der Waals surface area contributed by atoms with E-state index < -0.39 is 59.0 Å². The first-order valence-corrected chi connectivity index (χ1v) is 7.98. The van der Waals surface area contributed by atoms with Crippen molar-refractivity contribution in [2.45, 2.75) is 23.9 Å². The molecule has 142 valence electrons. The number of hydrazine groups is 1. The van der Waals surface area contributed by atoms with Crippen LogP contribution in [0.5, 0.6) is 0 Å². The summed E-state index contributed by atoms with van der Waals surface area (Å²) in [5.41, 5.74) is -3.30. The standard InChI is InChI=1S/C10H11N5O10S/c1-10(13(18)19,14(20)21)6-7-11(15(22)23)26(24,25)9-4-2-8(3-5-9)12(16)17/h2-5H,6-7H2,1H3. The van der Waals surface area contributed by atoms with E-state index in [1.807, 2.05) is 0 Å². The molecule has 0 atom stereocenters. The second-order valence-electron chi connectivity index (χ2n) is 5.02. The molecule has 0 aliphatic heterocycles. The third-order valence-corrected chi connectivity index (χ3v) is 5.11. The Morgan fingerprint density at radius 1 is 0.962 bits per heavy atom. The van der Waals surface area contributed by atoms with E-state index in [4.69, 9.17) is 0 Å². The minimum atomic E-state index is -4.85. The lowest BCUT2D eigenvalue weighted by atomic mass is 10.1. The molecule has 0 spiro atoms. The number of nitro benzene ring substituents is 1. The molecule has 1 aromatic carbocycles. The van der Waals surface area contributed by atoms with E-state index in [0.29, 0.717) is 6.92 Å². The topological polar surface area (TPSA) is 210 Å². The molecule has 1 rings (SSSR count). The fraction of sp³-hybridized carbons (Fsp3) is 0.400. The first-order chi connectivity index (χ1) is 11.8. The van der Waals surface area contributed by atoms with E-state index in [1.54, 1.807) is 0 Å². The lowest BCUT2D eigenvalue weighted by Gasteiger charge is -2.17. The first kappa shape index (κ1) is 20.6.